The standard InChI is InChI=1S/C23H32N6O6S/c1-36-9-8-17(23(34)35)28-20(31)12-27-22(33)18(29-21(32)15(24)6-7-19(25)30)10-13-11-26-16-5-3-2-4-14(13)16/h2-5,11,15,17-18,26H,6-10,12,24H2,1H3,(H2,25,30)(H,27,33)(H,28,31)(H,29,32)(H,34,35). The van der Waals surface area contributed by atoms with Crippen LogP contribution in [0.2, 0.25) is 0 Å². The molecule has 2 aromatic rings. The molecule has 0 spiro atoms. The highest BCUT2D eigenvalue weighted by atomic mass is 32.2. The first kappa shape index (κ1) is 28.7. The lowest BCUT2D eigenvalue weighted by molar-refractivity contribution is -0.141. The second-order valence-corrected chi connectivity index (χ2v) is 9.18. The van der Waals surface area contributed by atoms with Gasteiger partial charge in [0.2, 0.25) is 23.6 Å². The number of nitrogens with two attached hydrogens (primary N) is 2. The Labute approximate surface area is 212 Å². The van der Waals surface area contributed by atoms with Crippen molar-refractivity contribution in [3.63, 3.8) is 0 Å². The Bertz CT molecular complexity index is 1090. The van der Waals surface area contributed by atoms with Crippen LogP contribution < -0.4 is 27.4 Å². The van der Waals surface area contributed by atoms with Crippen molar-refractivity contribution in [2.75, 3.05) is 18.6 Å². The number of aromatic nitrogens is 1. The van der Waals surface area contributed by atoms with Crippen molar-refractivity contribution in [3.05, 3.63) is 36.0 Å². The molecule has 1 aromatic carbocycles. The number of thioether (sulfide) groups is 1. The fourth-order valence-electron chi connectivity index (χ4n) is 3.47. The second kappa shape index (κ2) is 14.1. The molecule has 0 aliphatic heterocycles. The lowest BCUT2D eigenvalue weighted by Crippen LogP contribution is -2.54. The molecule has 12 nitrogen and oxygen atoms in total. The lowest BCUT2D eigenvalue weighted by atomic mass is 10.0. The van der Waals surface area contributed by atoms with Crippen LogP contribution in [0.1, 0.15) is 24.8 Å². The molecule has 0 fully saturated rings. The molecule has 36 heavy (non-hydrogen) atoms. The minimum atomic E-state index is -1.17. The number of para-hydroxylation sites is 1. The molecular formula is C23H32N6O6S. The minimum Gasteiger partial charge on any atom is -0.480 e. The summed E-state index contributed by atoms with van der Waals surface area (Å²) in [5.41, 5.74) is 12.6. The number of carbonyl (C=O) groups excluding carboxylic acids is 4. The van der Waals surface area contributed by atoms with Crippen molar-refractivity contribution in [1.82, 2.24) is 20.9 Å². The number of fused-ring (bicyclic) bond motifs is 1. The van der Waals surface area contributed by atoms with Gasteiger partial charge in [0.25, 0.3) is 0 Å². The lowest BCUT2D eigenvalue weighted by Gasteiger charge is -2.21. The quantitative estimate of drug-likeness (QED) is 0.158. The van der Waals surface area contributed by atoms with Crippen LogP contribution in [-0.2, 0) is 30.4 Å². The maximum atomic E-state index is 13.0. The number of hydrogen-bond acceptors (Lipinski definition) is 7. The Balaban J connectivity index is 2.09. The summed E-state index contributed by atoms with van der Waals surface area (Å²) in [5.74, 6) is -3.20. The molecule has 3 unspecified atom stereocenters. The van der Waals surface area contributed by atoms with Gasteiger partial charge in [-0.1, -0.05) is 18.2 Å². The molecule has 1 heterocycles. The van der Waals surface area contributed by atoms with E-state index in [9.17, 15) is 29.1 Å². The summed E-state index contributed by atoms with van der Waals surface area (Å²) in [6.07, 6.45) is 3.80. The number of H-pyrrole nitrogens is 1. The van der Waals surface area contributed by atoms with Gasteiger partial charge in [-0.15, -0.1) is 0 Å². The summed E-state index contributed by atoms with van der Waals surface area (Å²) >= 11 is 1.45. The third-order valence-corrected chi connectivity index (χ3v) is 6.08. The van der Waals surface area contributed by atoms with Gasteiger partial charge >= 0.3 is 5.97 Å². The molecule has 2 rings (SSSR count). The number of aromatic amines is 1. The number of nitrogens with one attached hydrogen (secondary N) is 4. The first-order chi connectivity index (χ1) is 17.1. The Kier molecular flexibility index (Phi) is 11.2. The number of hydrogen-bond donors (Lipinski definition) is 7. The van der Waals surface area contributed by atoms with Crippen LogP contribution in [0.25, 0.3) is 10.9 Å². The normalized spacial score (nSPS) is 13.4. The highest BCUT2D eigenvalue weighted by Crippen LogP contribution is 2.19. The first-order valence-electron chi connectivity index (χ1n) is 11.3. The summed E-state index contributed by atoms with van der Waals surface area (Å²) in [4.78, 5) is 63.3. The van der Waals surface area contributed by atoms with E-state index in [1.807, 2.05) is 30.5 Å². The second-order valence-electron chi connectivity index (χ2n) is 8.19. The Morgan fingerprint density at radius 2 is 1.78 bits per heavy atom. The van der Waals surface area contributed by atoms with Crippen LogP contribution in [-0.4, -0.2) is 76.4 Å². The van der Waals surface area contributed by atoms with Crippen LogP contribution >= 0.6 is 11.8 Å². The largest absolute Gasteiger partial charge is 0.480 e. The van der Waals surface area contributed by atoms with E-state index >= 15 is 0 Å². The number of amides is 4. The van der Waals surface area contributed by atoms with Gasteiger partial charge in [-0.3, -0.25) is 19.2 Å². The number of carboxylic acids is 1. The molecular weight excluding hydrogens is 488 g/mol. The van der Waals surface area contributed by atoms with Crippen LogP contribution in [0.15, 0.2) is 30.5 Å². The number of benzene rings is 1. The van der Waals surface area contributed by atoms with E-state index in [0.29, 0.717) is 5.75 Å². The van der Waals surface area contributed by atoms with Crippen molar-refractivity contribution >= 4 is 52.3 Å². The molecule has 9 N–H and O–H groups in total. The maximum Gasteiger partial charge on any atom is 0.326 e. The molecule has 13 heteroatoms. The predicted octanol–water partition coefficient (Wildman–Crippen LogP) is -0.773. The third kappa shape index (κ3) is 8.89. The van der Waals surface area contributed by atoms with E-state index in [1.165, 1.54) is 11.8 Å². The van der Waals surface area contributed by atoms with Gasteiger partial charge in [0.15, 0.2) is 0 Å². The molecule has 0 saturated heterocycles. The zero-order chi connectivity index (χ0) is 26.7. The average Bonchev–Trinajstić information content (AvgIpc) is 3.25. The molecule has 0 saturated carbocycles. The zero-order valence-electron chi connectivity index (χ0n) is 19.9. The van der Waals surface area contributed by atoms with Crippen molar-refractivity contribution in [3.8, 4) is 0 Å². The number of primary amides is 1. The minimum absolute atomic E-state index is 0.0115. The average molecular weight is 521 g/mol. The number of carbonyl (C=O) groups is 5. The van der Waals surface area contributed by atoms with Gasteiger partial charge < -0.3 is 37.5 Å². The fraction of sp³-hybridized carbons (Fsp3) is 0.435. The van der Waals surface area contributed by atoms with Gasteiger partial charge in [-0.25, -0.2) is 4.79 Å². The summed E-state index contributed by atoms with van der Waals surface area (Å²) in [6, 6.07) is 4.20. The third-order valence-electron chi connectivity index (χ3n) is 5.44. The van der Waals surface area contributed by atoms with Gasteiger partial charge in [0.1, 0.15) is 12.1 Å². The van der Waals surface area contributed by atoms with Gasteiger partial charge in [0.05, 0.1) is 12.6 Å². The Morgan fingerprint density at radius 1 is 1.06 bits per heavy atom. The summed E-state index contributed by atoms with van der Waals surface area (Å²) in [5, 5.41) is 17.5. The van der Waals surface area contributed by atoms with E-state index in [0.717, 1.165) is 16.5 Å². The summed E-state index contributed by atoms with van der Waals surface area (Å²) in [7, 11) is 0. The SMILES string of the molecule is CSCCC(NC(=O)CNC(=O)C(Cc1c[nH]c2ccccc12)NC(=O)C(N)CCC(N)=O)C(=O)O. The van der Waals surface area contributed by atoms with Gasteiger partial charge in [-0.05, 0) is 36.5 Å². The topological polar surface area (TPSA) is 210 Å². The van der Waals surface area contributed by atoms with Crippen LogP contribution in [0.4, 0.5) is 0 Å². The Hall–Kier alpha value is -3.58. The summed E-state index contributed by atoms with van der Waals surface area (Å²) < 4.78 is 0. The van der Waals surface area contributed by atoms with Gasteiger partial charge in [0, 0.05) is 29.9 Å². The first-order valence-corrected chi connectivity index (χ1v) is 12.7. The molecule has 4 amide bonds. The molecule has 0 bridgehead atoms. The van der Waals surface area contributed by atoms with Crippen molar-refractivity contribution in [2.45, 2.75) is 43.8 Å². The molecule has 0 aliphatic rings. The molecule has 0 aliphatic carbocycles. The molecule has 1 aromatic heterocycles. The smallest absolute Gasteiger partial charge is 0.326 e. The van der Waals surface area contributed by atoms with Gasteiger partial charge in [-0.2, -0.15) is 11.8 Å². The Morgan fingerprint density at radius 3 is 2.44 bits per heavy atom. The van der Waals surface area contributed by atoms with E-state index in [-0.39, 0.29) is 25.7 Å². The molecule has 196 valence electrons. The van der Waals surface area contributed by atoms with E-state index in [2.05, 4.69) is 20.9 Å². The fourth-order valence-corrected chi connectivity index (χ4v) is 3.94. The van der Waals surface area contributed by atoms with Crippen molar-refractivity contribution in [2.24, 2.45) is 11.5 Å². The summed E-state index contributed by atoms with van der Waals surface area (Å²) in [6.45, 7) is -0.476. The number of carboxylic acid groups (broad SMARTS) is 1. The van der Waals surface area contributed by atoms with Crippen LogP contribution in [0.3, 0.4) is 0 Å². The van der Waals surface area contributed by atoms with Crippen LogP contribution in [0.5, 0.6) is 0 Å². The maximum absolute atomic E-state index is 13.0. The monoisotopic (exact) mass is 520 g/mol. The van der Waals surface area contributed by atoms with Crippen molar-refractivity contribution in [1.29, 1.82) is 0 Å². The van der Waals surface area contributed by atoms with Crippen molar-refractivity contribution < 1.29 is 29.1 Å². The highest BCUT2D eigenvalue weighted by Gasteiger charge is 2.26. The van der Waals surface area contributed by atoms with Crippen LogP contribution in [0, 0.1) is 0 Å². The van der Waals surface area contributed by atoms with E-state index in [4.69, 9.17) is 11.5 Å². The number of rotatable bonds is 15. The predicted molar refractivity (Wildman–Crippen MR) is 136 cm³/mol. The van der Waals surface area contributed by atoms with E-state index in [1.54, 1.807) is 6.20 Å². The highest BCUT2D eigenvalue weighted by molar-refractivity contribution is 7.98. The van der Waals surface area contributed by atoms with E-state index < -0.39 is 54.3 Å². The molecule has 0 radical (unpaired) electrons. The molecule has 3 atom stereocenters. The zero-order valence-corrected chi connectivity index (χ0v) is 20.7. The number of aliphatic carboxylic acids is 1.